The number of anilines is 1. The van der Waals surface area contributed by atoms with Crippen LogP contribution < -0.4 is 33.6 Å². The van der Waals surface area contributed by atoms with E-state index < -0.39 is 12.1 Å². The van der Waals surface area contributed by atoms with Gasteiger partial charge in [0.05, 0.1) is 18.2 Å². The van der Waals surface area contributed by atoms with E-state index in [1.54, 1.807) is 24.3 Å². The fourth-order valence-electron chi connectivity index (χ4n) is 1.66. The van der Waals surface area contributed by atoms with E-state index in [0.29, 0.717) is 11.4 Å². The van der Waals surface area contributed by atoms with Gasteiger partial charge in [-0.25, -0.2) is 0 Å². The Morgan fingerprint density at radius 1 is 1.41 bits per heavy atom. The van der Waals surface area contributed by atoms with Crippen LogP contribution in [0.1, 0.15) is 6.92 Å². The maximum atomic E-state index is 11.4. The SMILES string of the molecule is CC(=O)N1CC(C(=O)[O-])Oc2ccccc21.[Li+]. The first-order valence-corrected chi connectivity index (χ1v) is 4.84. The molecular formula is C11H10LiNO4. The van der Waals surface area contributed by atoms with Crippen LogP contribution in [0.5, 0.6) is 5.75 Å². The van der Waals surface area contributed by atoms with E-state index >= 15 is 0 Å². The fourth-order valence-corrected chi connectivity index (χ4v) is 1.66. The second-order valence-electron chi connectivity index (χ2n) is 3.52. The number of aliphatic carboxylic acids is 1. The molecule has 5 nitrogen and oxygen atoms in total. The maximum absolute atomic E-state index is 11.4. The van der Waals surface area contributed by atoms with Crippen molar-refractivity contribution in [1.29, 1.82) is 0 Å². The summed E-state index contributed by atoms with van der Waals surface area (Å²) in [5.74, 6) is -1.15. The predicted molar refractivity (Wildman–Crippen MR) is 53.9 cm³/mol. The normalized spacial score (nSPS) is 17.5. The molecule has 1 amide bonds. The maximum Gasteiger partial charge on any atom is 1.00 e. The van der Waals surface area contributed by atoms with Crippen molar-refractivity contribution in [3.05, 3.63) is 24.3 Å². The van der Waals surface area contributed by atoms with Crippen LogP contribution in [0.4, 0.5) is 5.69 Å². The average Bonchev–Trinajstić information content (AvgIpc) is 2.27. The summed E-state index contributed by atoms with van der Waals surface area (Å²) in [6, 6.07) is 6.81. The molecule has 6 heteroatoms. The second-order valence-corrected chi connectivity index (χ2v) is 3.52. The first-order valence-electron chi connectivity index (χ1n) is 4.84. The molecule has 1 aliphatic heterocycles. The predicted octanol–water partition coefficient (Wildman–Crippen LogP) is -3.45. The number of hydrogen-bond donors (Lipinski definition) is 0. The van der Waals surface area contributed by atoms with E-state index in [1.165, 1.54) is 11.8 Å². The Morgan fingerprint density at radius 2 is 2.06 bits per heavy atom. The summed E-state index contributed by atoms with van der Waals surface area (Å²) in [7, 11) is 0. The number of rotatable bonds is 1. The van der Waals surface area contributed by atoms with Crippen LogP contribution >= 0.6 is 0 Å². The number of amides is 1. The Bertz CT molecular complexity index is 449. The Morgan fingerprint density at radius 3 is 2.65 bits per heavy atom. The summed E-state index contributed by atoms with van der Waals surface area (Å²) >= 11 is 0. The van der Waals surface area contributed by atoms with E-state index in [-0.39, 0.29) is 31.3 Å². The molecule has 1 aromatic rings. The molecule has 0 fully saturated rings. The van der Waals surface area contributed by atoms with E-state index in [1.807, 2.05) is 0 Å². The molecule has 1 unspecified atom stereocenters. The third-order valence-electron chi connectivity index (χ3n) is 2.42. The average molecular weight is 227 g/mol. The fraction of sp³-hybridized carbons (Fsp3) is 0.273. The number of fused-ring (bicyclic) bond motifs is 1. The molecule has 0 aliphatic carbocycles. The van der Waals surface area contributed by atoms with Gasteiger partial charge in [-0.05, 0) is 12.1 Å². The van der Waals surface area contributed by atoms with Crippen molar-refractivity contribution >= 4 is 17.6 Å². The van der Waals surface area contributed by atoms with Crippen molar-refractivity contribution in [2.75, 3.05) is 11.4 Å². The first kappa shape index (κ1) is 13.6. The number of hydrogen-bond acceptors (Lipinski definition) is 4. The zero-order valence-corrected chi connectivity index (χ0v) is 9.67. The van der Waals surface area contributed by atoms with Crippen molar-refractivity contribution in [1.82, 2.24) is 0 Å². The summed E-state index contributed by atoms with van der Waals surface area (Å²) in [5.41, 5.74) is 0.590. The molecular weight excluding hydrogens is 217 g/mol. The van der Waals surface area contributed by atoms with Crippen LogP contribution in [0.2, 0.25) is 0 Å². The quantitative estimate of drug-likeness (QED) is 0.468. The second kappa shape index (κ2) is 5.26. The van der Waals surface area contributed by atoms with Crippen LogP contribution in [0.25, 0.3) is 0 Å². The summed E-state index contributed by atoms with van der Waals surface area (Å²) in [5, 5.41) is 10.8. The Labute approximate surface area is 111 Å². The topological polar surface area (TPSA) is 69.7 Å². The molecule has 84 valence electrons. The zero-order chi connectivity index (χ0) is 11.7. The molecule has 1 atom stereocenters. The van der Waals surface area contributed by atoms with Crippen molar-refractivity contribution in [2.24, 2.45) is 0 Å². The minimum Gasteiger partial charge on any atom is -0.546 e. The largest absolute Gasteiger partial charge is 1.00 e. The van der Waals surface area contributed by atoms with Gasteiger partial charge in [-0.3, -0.25) is 4.79 Å². The van der Waals surface area contributed by atoms with Gasteiger partial charge in [-0.15, -0.1) is 0 Å². The smallest absolute Gasteiger partial charge is 0.546 e. The number of para-hydroxylation sites is 2. The van der Waals surface area contributed by atoms with E-state index in [2.05, 4.69) is 0 Å². The molecule has 0 spiro atoms. The molecule has 17 heavy (non-hydrogen) atoms. The molecule has 0 radical (unpaired) electrons. The van der Waals surface area contributed by atoms with Gasteiger partial charge in [-0.2, -0.15) is 0 Å². The van der Waals surface area contributed by atoms with Gasteiger partial charge >= 0.3 is 18.9 Å². The van der Waals surface area contributed by atoms with Gasteiger partial charge in [0.2, 0.25) is 5.91 Å². The van der Waals surface area contributed by atoms with E-state index in [4.69, 9.17) is 4.74 Å². The molecule has 1 aliphatic rings. The van der Waals surface area contributed by atoms with Gasteiger partial charge in [0.15, 0.2) is 6.10 Å². The Hall–Kier alpha value is -1.44. The van der Waals surface area contributed by atoms with E-state index in [9.17, 15) is 14.7 Å². The van der Waals surface area contributed by atoms with Gasteiger partial charge in [-0.1, -0.05) is 12.1 Å². The summed E-state index contributed by atoms with van der Waals surface area (Å²) in [6.45, 7) is 1.36. The summed E-state index contributed by atoms with van der Waals surface area (Å²) in [6.07, 6.45) is -1.11. The molecule has 1 heterocycles. The van der Waals surface area contributed by atoms with Gasteiger partial charge in [0.25, 0.3) is 0 Å². The summed E-state index contributed by atoms with van der Waals surface area (Å²) < 4.78 is 5.22. The third-order valence-corrected chi connectivity index (χ3v) is 2.42. The number of carbonyl (C=O) groups excluding carboxylic acids is 2. The zero-order valence-electron chi connectivity index (χ0n) is 9.67. The number of benzene rings is 1. The monoisotopic (exact) mass is 227 g/mol. The number of ether oxygens (including phenoxy) is 1. The van der Waals surface area contributed by atoms with Crippen LogP contribution in [-0.2, 0) is 9.59 Å². The number of carbonyl (C=O) groups is 2. The molecule has 2 rings (SSSR count). The van der Waals surface area contributed by atoms with Gasteiger partial charge in [0.1, 0.15) is 5.75 Å². The van der Waals surface area contributed by atoms with Crippen LogP contribution in [0.3, 0.4) is 0 Å². The van der Waals surface area contributed by atoms with E-state index in [0.717, 1.165) is 0 Å². The molecule has 0 saturated carbocycles. The number of nitrogens with zero attached hydrogens (tertiary/aromatic N) is 1. The van der Waals surface area contributed by atoms with Gasteiger partial charge in [0, 0.05) is 6.92 Å². The molecule has 0 aromatic heterocycles. The van der Waals surface area contributed by atoms with Crippen LogP contribution in [-0.4, -0.2) is 24.5 Å². The molecule has 1 aromatic carbocycles. The molecule has 0 N–H and O–H groups in total. The number of carboxylic acid groups (broad SMARTS) is 1. The Kier molecular flexibility index (Phi) is 4.21. The van der Waals surface area contributed by atoms with Crippen LogP contribution in [0.15, 0.2) is 24.3 Å². The van der Waals surface area contributed by atoms with Crippen molar-refractivity contribution in [3.63, 3.8) is 0 Å². The van der Waals surface area contributed by atoms with Crippen molar-refractivity contribution in [3.8, 4) is 5.75 Å². The summed E-state index contributed by atoms with van der Waals surface area (Å²) in [4.78, 5) is 23.5. The minimum absolute atomic E-state index is 0. The van der Waals surface area contributed by atoms with Crippen LogP contribution in [0, 0.1) is 0 Å². The number of carboxylic acids is 1. The third kappa shape index (κ3) is 2.63. The first-order chi connectivity index (χ1) is 7.59. The van der Waals surface area contributed by atoms with Crippen molar-refractivity contribution < 1.29 is 38.3 Å². The van der Waals surface area contributed by atoms with Gasteiger partial charge < -0.3 is 19.5 Å². The van der Waals surface area contributed by atoms with Crippen molar-refractivity contribution in [2.45, 2.75) is 13.0 Å². The standard InChI is InChI=1S/C11H11NO4.Li/c1-7(13)12-6-10(11(14)15)16-9-5-3-2-4-8(9)12;/h2-5,10H,6H2,1H3,(H,14,15);/q;+1/p-1. The Balaban J connectivity index is 0.00000144. The minimum atomic E-state index is -1.32. The molecule has 0 saturated heterocycles. The molecule has 0 bridgehead atoms.